The topological polar surface area (TPSA) is 0 Å². The van der Waals surface area contributed by atoms with Crippen molar-refractivity contribution >= 4 is 26.5 Å². The van der Waals surface area contributed by atoms with Gasteiger partial charge in [-0.25, -0.2) is 0 Å². The standard InChI is InChI=1S/C7H4F3.Sb.2H/c8-7(9,10)6-4-2-1-3-5-6;;;/h1-4H;;;. The molecule has 0 N–H and O–H groups in total. The fourth-order valence-electron chi connectivity index (χ4n) is 0.755. The van der Waals surface area contributed by atoms with Gasteiger partial charge in [-0.2, -0.15) is 0 Å². The van der Waals surface area contributed by atoms with Gasteiger partial charge in [-0.05, 0) is 0 Å². The normalized spacial score (nSPS) is 11.6. The van der Waals surface area contributed by atoms with E-state index >= 15 is 0 Å². The van der Waals surface area contributed by atoms with Crippen LogP contribution < -0.4 is 3.51 Å². The van der Waals surface area contributed by atoms with Gasteiger partial charge in [-0.1, -0.05) is 0 Å². The van der Waals surface area contributed by atoms with Crippen molar-refractivity contribution < 1.29 is 13.2 Å². The second kappa shape index (κ2) is 3.06. The third kappa shape index (κ3) is 2.13. The van der Waals surface area contributed by atoms with E-state index in [0.29, 0.717) is 26.5 Å². The first-order valence-electron chi connectivity index (χ1n) is 2.93. The van der Waals surface area contributed by atoms with E-state index in [2.05, 4.69) is 0 Å². The SMILES string of the molecule is FC(F)(F)c1cccc[c]1[SbH2]. The van der Waals surface area contributed by atoms with Gasteiger partial charge in [0.25, 0.3) is 0 Å². The van der Waals surface area contributed by atoms with Crippen molar-refractivity contribution in [1.82, 2.24) is 0 Å². The third-order valence-corrected chi connectivity index (χ3v) is 2.70. The van der Waals surface area contributed by atoms with Crippen LogP contribution in [0, 0.1) is 0 Å². The molecule has 0 aliphatic heterocycles. The minimum absolute atomic E-state index is 0.394. The number of hydrogen-bond donors (Lipinski definition) is 0. The molecular weight excluding hydrogens is 263 g/mol. The van der Waals surface area contributed by atoms with Gasteiger partial charge in [0, 0.05) is 0 Å². The fourth-order valence-corrected chi connectivity index (χ4v) is 1.81. The summed E-state index contributed by atoms with van der Waals surface area (Å²) in [5.74, 6) is 0. The average molecular weight is 269 g/mol. The Morgan fingerprint density at radius 3 is 2.00 bits per heavy atom. The summed E-state index contributed by atoms with van der Waals surface area (Å²) < 4.78 is 36.6. The van der Waals surface area contributed by atoms with Crippen LogP contribution in [-0.4, -0.2) is 23.0 Å². The zero-order valence-corrected chi connectivity index (χ0v) is 8.82. The van der Waals surface area contributed by atoms with Gasteiger partial charge in [0.15, 0.2) is 0 Å². The van der Waals surface area contributed by atoms with Crippen LogP contribution in [0.5, 0.6) is 0 Å². The van der Waals surface area contributed by atoms with E-state index in [0.717, 1.165) is 6.07 Å². The van der Waals surface area contributed by atoms with E-state index in [4.69, 9.17) is 0 Å². The van der Waals surface area contributed by atoms with E-state index in [1.807, 2.05) is 0 Å². The number of benzene rings is 1. The zero-order valence-electron chi connectivity index (χ0n) is 5.52. The maximum absolute atomic E-state index is 12.1. The Labute approximate surface area is 75.9 Å². The Morgan fingerprint density at radius 1 is 1.09 bits per heavy atom. The Morgan fingerprint density at radius 2 is 1.64 bits per heavy atom. The average Bonchev–Trinajstić information content (AvgIpc) is 1.86. The van der Waals surface area contributed by atoms with Crippen LogP contribution in [0.2, 0.25) is 0 Å². The summed E-state index contributed by atoms with van der Waals surface area (Å²) in [5.41, 5.74) is -0.498. The molecule has 0 nitrogen and oxygen atoms in total. The molecule has 0 saturated carbocycles. The molecular formula is C7H6F3Sb. The van der Waals surface area contributed by atoms with Gasteiger partial charge < -0.3 is 0 Å². The Hall–Kier alpha value is -0.172. The van der Waals surface area contributed by atoms with E-state index in [-0.39, 0.29) is 0 Å². The summed E-state index contributed by atoms with van der Waals surface area (Å²) in [5, 5.41) is 0. The molecule has 0 aliphatic carbocycles. The van der Waals surface area contributed by atoms with Gasteiger partial charge in [0.05, 0.1) is 0 Å². The van der Waals surface area contributed by atoms with Crippen molar-refractivity contribution in [1.29, 1.82) is 0 Å². The van der Waals surface area contributed by atoms with Crippen LogP contribution in [0.4, 0.5) is 13.2 Å². The fraction of sp³-hybridized carbons (Fsp3) is 0.143. The molecule has 0 heterocycles. The van der Waals surface area contributed by atoms with Crippen molar-refractivity contribution in [2.24, 2.45) is 0 Å². The summed E-state index contributed by atoms with van der Waals surface area (Å²) in [4.78, 5) is 0. The minimum atomic E-state index is -4.18. The van der Waals surface area contributed by atoms with Crippen LogP contribution in [-0.2, 0) is 6.18 Å². The van der Waals surface area contributed by atoms with Crippen LogP contribution >= 0.6 is 0 Å². The van der Waals surface area contributed by atoms with Crippen molar-refractivity contribution in [3.8, 4) is 0 Å². The second-order valence-electron chi connectivity index (χ2n) is 2.09. The number of halogens is 3. The Balaban J connectivity index is 3.14. The van der Waals surface area contributed by atoms with Crippen molar-refractivity contribution in [3.05, 3.63) is 29.8 Å². The molecule has 0 bridgehead atoms. The van der Waals surface area contributed by atoms with Crippen molar-refractivity contribution in [2.45, 2.75) is 6.18 Å². The molecule has 0 spiro atoms. The third-order valence-electron chi connectivity index (χ3n) is 1.27. The summed E-state index contributed by atoms with van der Waals surface area (Å²) >= 11 is 0.501. The molecule has 1 aromatic rings. The molecule has 1 aromatic carbocycles. The Bertz CT molecular complexity index is 254. The summed E-state index contributed by atoms with van der Waals surface area (Å²) in [6.07, 6.45) is -4.18. The number of rotatable bonds is 0. The monoisotopic (exact) mass is 268 g/mol. The van der Waals surface area contributed by atoms with Crippen LogP contribution in [0.1, 0.15) is 5.56 Å². The Kier molecular flexibility index (Phi) is 2.48. The zero-order chi connectivity index (χ0) is 8.48. The maximum atomic E-state index is 12.1. The molecule has 0 fully saturated rings. The van der Waals surface area contributed by atoms with Crippen LogP contribution in [0.3, 0.4) is 0 Å². The second-order valence-corrected chi connectivity index (χ2v) is 3.86. The molecule has 0 radical (unpaired) electrons. The van der Waals surface area contributed by atoms with Gasteiger partial charge >= 0.3 is 75.7 Å². The molecule has 0 atom stereocenters. The van der Waals surface area contributed by atoms with Gasteiger partial charge in [-0.15, -0.1) is 0 Å². The van der Waals surface area contributed by atoms with Crippen molar-refractivity contribution in [3.63, 3.8) is 0 Å². The summed E-state index contributed by atoms with van der Waals surface area (Å²) in [7, 11) is 0. The van der Waals surface area contributed by atoms with Crippen LogP contribution in [0.25, 0.3) is 0 Å². The summed E-state index contributed by atoms with van der Waals surface area (Å²) in [6.45, 7) is 0. The first-order valence-corrected chi connectivity index (χ1v) is 4.58. The molecule has 0 saturated heterocycles. The number of hydrogen-bond acceptors (Lipinski definition) is 0. The van der Waals surface area contributed by atoms with Gasteiger partial charge in [0.2, 0.25) is 0 Å². The molecule has 1 rings (SSSR count). The molecule has 0 unspecified atom stereocenters. The first kappa shape index (κ1) is 8.92. The van der Waals surface area contributed by atoms with Gasteiger partial charge in [0.1, 0.15) is 0 Å². The molecule has 0 aliphatic rings. The first-order chi connectivity index (χ1) is 5.02. The molecule has 11 heavy (non-hydrogen) atoms. The summed E-state index contributed by atoms with van der Waals surface area (Å²) in [6, 6.07) is 5.64. The van der Waals surface area contributed by atoms with E-state index in [1.54, 1.807) is 6.07 Å². The molecule has 0 amide bonds. The van der Waals surface area contributed by atoms with Gasteiger partial charge in [-0.3, -0.25) is 0 Å². The predicted molar refractivity (Wildman–Crippen MR) is 39.6 cm³/mol. The van der Waals surface area contributed by atoms with E-state index < -0.39 is 11.7 Å². The van der Waals surface area contributed by atoms with Crippen molar-refractivity contribution in [2.75, 3.05) is 0 Å². The van der Waals surface area contributed by atoms with E-state index in [1.165, 1.54) is 12.1 Å². The quantitative estimate of drug-likeness (QED) is 0.615. The molecule has 4 heteroatoms. The molecule has 0 aromatic heterocycles. The van der Waals surface area contributed by atoms with Crippen LogP contribution in [0.15, 0.2) is 24.3 Å². The molecule has 60 valence electrons. The number of alkyl halides is 3. The van der Waals surface area contributed by atoms with E-state index in [9.17, 15) is 13.2 Å². The predicted octanol–water partition coefficient (Wildman–Crippen LogP) is 0.964.